The molecule has 0 unspecified atom stereocenters. The third kappa shape index (κ3) is 4.57. The highest BCUT2D eigenvalue weighted by atomic mass is 79.9. The van der Waals surface area contributed by atoms with Crippen LogP contribution >= 0.6 is 15.9 Å². The highest BCUT2D eigenvalue weighted by Gasteiger charge is 2.22. The van der Waals surface area contributed by atoms with E-state index in [0.717, 1.165) is 23.2 Å². The van der Waals surface area contributed by atoms with Gasteiger partial charge in [-0.1, -0.05) is 15.9 Å². The minimum absolute atomic E-state index is 0.325. The first-order valence-electron chi connectivity index (χ1n) is 6.98. The van der Waals surface area contributed by atoms with Crippen LogP contribution < -0.4 is 9.47 Å². The maximum Gasteiger partial charge on any atom is 0.185 e. The summed E-state index contributed by atoms with van der Waals surface area (Å²) < 4.78 is 27.2. The Hall–Kier alpha value is -0.820. The SMILES string of the molecule is C1CCOC1.COc1cc(Br)c(C2OCCO2)cc1OC. The zero-order chi connectivity index (χ0) is 15.1. The highest BCUT2D eigenvalue weighted by molar-refractivity contribution is 9.10. The second kappa shape index (κ2) is 8.58. The van der Waals surface area contributed by atoms with Gasteiger partial charge in [0.25, 0.3) is 0 Å². The predicted octanol–water partition coefficient (Wildman–Crippen LogP) is 3.31. The molecule has 6 heteroatoms. The molecule has 5 nitrogen and oxygen atoms in total. The van der Waals surface area contributed by atoms with Gasteiger partial charge in [0.05, 0.1) is 27.4 Å². The highest BCUT2D eigenvalue weighted by Crippen LogP contribution is 2.38. The zero-order valence-electron chi connectivity index (χ0n) is 12.4. The van der Waals surface area contributed by atoms with Crippen molar-refractivity contribution in [3.63, 3.8) is 0 Å². The second-order valence-electron chi connectivity index (χ2n) is 4.62. The Balaban J connectivity index is 0.000000272. The first-order chi connectivity index (χ1) is 10.3. The quantitative estimate of drug-likeness (QED) is 0.827. The molecule has 118 valence electrons. The monoisotopic (exact) mass is 360 g/mol. The molecule has 0 aromatic heterocycles. The number of methoxy groups -OCH3 is 2. The van der Waals surface area contributed by atoms with Crippen molar-refractivity contribution in [3.8, 4) is 11.5 Å². The van der Waals surface area contributed by atoms with Crippen LogP contribution in [-0.4, -0.2) is 40.6 Å². The summed E-state index contributed by atoms with van der Waals surface area (Å²) in [5.41, 5.74) is 0.912. The van der Waals surface area contributed by atoms with E-state index in [1.807, 2.05) is 12.1 Å². The van der Waals surface area contributed by atoms with E-state index in [1.54, 1.807) is 14.2 Å². The van der Waals surface area contributed by atoms with E-state index in [4.69, 9.17) is 23.7 Å². The van der Waals surface area contributed by atoms with Crippen LogP contribution in [-0.2, 0) is 14.2 Å². The van der Waals surface area contributed by atoms with Gasteiger partial charge in [-0.2, -0.15) is 0 Å². The molecule has 1 aromatic rings. The lowest BCUT2D eigenvalue weighted by Gasteiger charge is -2.15. The molecule has 21 heavy (non-hydrogen) atoms. The molecule has 2 heterocycles. The number of halogens is 1. The second-order valence-corrected chi connectivity index (χ2v) is 5.48. The molecule has 2 aliphatic heterocycles. The van der Waals surface area contributed by atoms with Crippen molar-refractivity contribution in [1.82, 2.24) is 0 Å². The van der Waals surface area contributed by atoms with Crippen LogP contribution in [0, 0.1) is 0 Å². The summed E-state index contributed by atoms with van der Waals surface area (Å²) in [6, 6.07) is 3.71. The Kier molecular flexibility index (Phi) is 6.76. The molecule has 0 atom stereocenters. The first-order valence-corrected chi connectivity index (χ1v) is 7.78. The van der Waals surface area contributed by atoms with Gasteiger partial charge in [-0.05, 0) is 25.0 Å². The lowest BCUT2D eigenvalue weighted by molar-refractivity contribution is -0.0447. The number of rotatable bonds is 3. The maximum atomic E-state index is 5.44. The average Bonchev–Trinajstić information content (AvgIpc) is 3.22. The van der Waals surface area contributed by atoms with Crippen molar-refractivity contribution in [1.29, 1.82) is 0 Å². The normalized spacial score (nSPS) is 18.2. The fourth-order valence-electron chi connectivity index (χ4n) is 2.10. The summed E-state index contributed by atoms with van der Waals surface area (Å²) in [5.74, 6) is 1.34. The lowest BCUT2D eigenvalue weighted by atomic mass is 10.2. The van der Waals surface area contributed by atoms with Crippen LogP contribution in [0.15, 0.2) is 16.6 Å². The van der Waals surface area contributed by atoms with Gasteiger partial charge >= 0.3 is 0 Å². The molecule has 0 bridgehead atoms. The smallest absolute Gasteiger partial charge is 0.185 e. The molecule has 3 rings (SSSR count). The average molecular weight is 361 g/mol. The van der Waals surface area contributed by atoms with Crippen molar-refractivity contribution in [2.24, 2.45) is 0 Å². The molecular formula is C15H21BrO5. The van der Waals surface area contributed by atoms with Gasteiger partial charge in [0.15, 0.2) is 17.8 Å². The summed E-state index contributed by atoms with van der Waals surface area (Å²) in [4.78, 5) is 0. The van der Waals surface area contributed by atoms with E-state index in [-0.39, 0.29) is 6.29 Å². The number of hydrogen-bond acceptors (Lipinski definition) is 5. The third-order valence-corrected chi connectivity index (χ3v) is 3.89. The topological polar surface area (TPSA) is 46.2 Å². The van der Waals surface area contributed by atoms with Crippen molar-refractivity contribution < 1.29 is 23.7 Å². The largest absolute Gasteiger partial charge is 0.493 e. The Morgan fingerprint density at radius 3 is 2.00 bits per heavy atom. The van der Waals surface area contributed by atoms with Crippen LogP contribution in [0.3, 0.4) is 0 Å². The summed E-state index contributed by atoms with van der Waals surface area (Å²) >= 11 is 3.47. The molecule has 2 fully saturated rings. The number of ether oxygens (including phenoxy) is 5. The zero-order valence-corrected chi connectivity index (χ0v) is 14.0. The van der Waals surface area contributed by atoms with Gasteiger partial charge in [0.1, 0.15) is 0 Å². The van der Waals surface area contributed by atoms with Gasteiger partial charge in [-0.15, -0.1) is 0 Å². The van der Waals surface area contributed by atoms with Crippen LogP contribution in [0.4, 0.5) is 0 Å². The van der Waals surface area contributed by atoms with Gasteiger partial charge in [0, 0.05) is 23.2 Å². The minimum Gasteiger partial charge on any atom is -0.493 e. The maximum absolute atomic E-state index is 5.44. The van der Waals surface area contributed by atoms with Gasteiger partial charge in [0.2, 0.25) is 0 Å². The van der Waals surface area contributed by atoms with E-state index in [9.17, 15) is 0 Å². The van der Waals surface area contributed by atoms with Gasteiger partial charge < -0.3 is 23.7 Å². The van der Waals surface area contributed by atoms with E-state index >= 15 is 0 Å². The Labute approximate surface area is 133 Å². The van der Waals surface area contributed by atoms with Crippen LogP contribution in [0.5, 0.6) is 11.5 Å². The van der Waals surface area contributed by atoms with Crippen molar-refractivity contribution in [2.45, 2.75) is 19.1 Å². The number of hydrogen-bond donors (Lipinski definition) is 0. The Bertz CT molecular complexity index is 434. The molecule has 0 radical (unpaired) electrons. The van der Waals surface area contributed by atoms with E-state index in [0.29, 0.717) is 24.7 Å². The molecule has 0 amide bonds. The lowest BCUT2D eigenvalue weighted by Crippen LogP contribution is -2.01. The van der Waals surface area contributed by atoms with Crippen LogP contribution in [0.1, 0.15) is 24.7 Å². The molecule has 0 aliphatic carbocycles. The fraction of sp³-hybridized carbons (Fsp3) is 0.600. The first kappa shape index (κ1) is 16.5. The number of benzene rings is 1. The molecule has 2 saturated heterocycles. The van der Waals surface area contributed by atoms with Gasteiger partial charge in [-0.3, -0.25) is 0 Å². The third-order valence-electron chi connectivity index (χ3n) is 3.21. The Morgan fingerprint density at radius 1 is 0.952 bits per heavy atom. The van der Waals surface area contributed by atoms with E-state index in [2.05, 4.69) is 15.9 Å². The van der Waals surface area contributed by atoms with Crippen molar-refractivity contribution in [3.05, 3.63) is 22.2 Å². The Morgan fingerprint density at radius 2 is 1.52 bits per heavy atom. The van der Waals surface area contributed by atoms with Crippen LogP contribution in [0.2, 0.25) is 0 Å². The summed E-state index contributed by atoms with van der Waals surface area (Å²) in [7, 11) is 3.21. The van der Waals surface area contributed by atoms with Crippen LogP contribution in [0.25, 0.3) is 0 Å². The van der Waals surface area contributed by atoms with Crippen molar-refractivity contribution >= 4 is 15.9 Å². The predicted molar refractivity (Wildman–Crippen MR) is 81.9 cm³/mol. The molecular weight excluding hydrogens is 340 g/mol. The summed E-state index contributed by atoms with van der Waals surface area (Å²) in [6.45, 7) is 3.23. The molecule has 0 spiro atoms. The molecule has 0 N–H and O–H groups in total. The molecule has 1 aromatic carbocycles. The molecule has 2 aliphatic rings. The fourth-order valence-corrected chi connectivity index (χ4v) is 2.61. The van der Waals surface area contributed by atoms with Crippen molar-refractivity contribution in [2.75, 3.05) is 40.6 Å². The van der Waals surface area contributed by atoms with Gasteiger partial charge in [-0.25, -0.2) is 0 Å². The van der Waals surface area contributed by atoms with E-state index < -0.39 is 0 Å². The standard InChI is InChI=1S/C11H13BrO4.C4H8O/c1-13-9-5-7(11-15-3-4-16-11)8(12)6-10(9)14-2;1-2-4-5-3-1/h5-6,11H,3-4H2,1-2H3;1-4H2. The minimum atomic E-state index is -0.325. The molecule has 0 saturated carbocycles. The van der Waals surface area contributed by atoms with E-state index in [1.165, 1.54) is 12.8 Å². The summed E-state index contributed by atoms with van der Waals surface area (Å²) in [6.07, 6.45) is 2.23. The summed E-state index contributed by atoms with van der Waals surface area (Å²) in [5, 5.41) is 0.